The lowest BCUT2D eigenvalue weighted by atomic mass is 10.0. The lowest BCUT2D eigenvalue weighted by Crippen LogP contribution is -2.14. The van der Waals surface area contributed by atoms with Gasteiger partial charge >= 0.3 is 0 Å². The second-order valence-corrected chi connectivity index (χ2v) is 4.16. The molecule has 0 atom stereocenters. The first-order chi connectivity index (χ1) is 8.38. The summed E-state index contributed by atoms with van der Waals surface area (Å²) in [5.41, 5.74) is 3.70. The highest BCUT2D eigenvalue weighted by molar-refractivity contribution is 5.61. The van der Waals surface area contributed by atoms with E-state index < -0.39 is 0 Å². The Bertz CT molecular complexity index is 533. The molecule has 3 rings (SSSR count). The molecule has 0 saturated carbocycles. The van der Waals surface area contributed by atoms with Crippen molar-refractivity contribution in [2.75, 3.05) is 19.0 Å². The quantitative estimate of drug-likeness (QED) is 0.858. The predicted octanol–water partition coefficient (Wildman–Crippen LogP) is 2.24. The molecule has 4 nitrogen and oxygen atoms in total. The van der Waals surface area contributed by atoms with Crippen molar-refractivity contribution in [2.24, 2.45) is 0 Å². The van der Waals surface area contributed by atoms with Crippen LogP contribution in [-0.4, -0.2) is 23.4 Å². The van der Waals surface area contributed by atoms with E-state index in [-0.39, 0.29) is 0 Å². The highest BCUT2D eigenvalue weighted by atomic mass is 16.5. The van der Waals surface area contributed by atoms with Crippen LogP contribution in [0.4, 0.5) is 5.69 Å². The summed E-state index contributed by atoms with van der Waals surface area (Å²) >= 11 is 0. The zero-order valence-corrected chi connectivity index (χ0v) is 9.81. The molecule has 88 valence electrons. The van der Waals surface area contributed by atoms with E-state index in [1.165, 1.54) is 17.7 Å². The summed E-state index contributed by atoms with van der Waals surface area (Å²) in [7, 11) is 1.66. The van der Waals surface area contributed by atoms with E-state index in [4.69, 9.17) is 4.74 Å². The molecular formula is C13H15N3O. The molecule has 1 aromatic heterocycles. The van der Waals surface area contributed by atoms with Crippen LogP contribution in [0.25, 0.3) is 5.69 Å². The Balaban J connectivity index is 2.07. The summed E-state index contributed by atoms with van der Waals surface area (Å²) < 4.78 is 7.04. The summed E-state index contributed by atoms with van der Waals surface area (Å²) in [6.07, 6.45) is 5.91. The first kappa shape index (κ1) is 10.2. The monoisotopic (exact) mass is 229 g/mol. The first-order valence-corrected chi connectivity index (χ1v) is 5.83. The zero-order valence-electron chi connectivity index (χ0n) is 9.81. The molecule has 1 aromatic carbocycles. The van der Waals surface area contributed by atoms with Gasteiger partial charge in [0.1, 0.15) is 0 Å². The maximum atomic E-state index is 5.16. The first-order valence-electron chi connectivity index (χ1n) is 5.83. The van der Waals surface area contributed by atoms with Crippen LogP contribution in [0.3, 0.4) is 0 Å². The van der Waals surface area contributed by atoms with Gasteiger partial charge in [-0.25, -0.2) is 4.68 Å². The van der Waals surface area contributed by atoms with Gasteiger partial charge in [-0.15, -0.1) is 0 Å². The van der Waals surface area contributed by atoms with Crippen LogP contribution in [0, 0.1) is 0 Å². The molecule has 0 bridgehead atoms. The SMILES string of the molecule is COc1cnn(-c2cccc3c2CCCN3)c1. The van der Waals surface area contributed by atoms with Gasteiger partial charge < -0.3 is 10.1 Å². The van der Waals surface area contributed by atoms with Crippen LogP contribution in [-0.2, 0) is 6.42 Å². The molecule has 1 aliphatic heterocycles. The number of ether oxygens (including phenoxy) is 1. The summed E-state index contributed by atoms with van der Waals surface area (Å²) in [6.45, 7) is 1.05. The van der Waals surface area contributed by atoms with Gasteiger partial charge in [0.25, 0.3) is 0 Å². The van der Waals surface area contributed by atoms with Gasteiger partial charge in [0.15, 0.2) is 5.75 Å². The number of methoxy groups -OCH3 is 1. The smallest absolute Gasteiger partial charge is 0.157 e. The van der Waals surface area contributed by atoms with Gasteiger partial charge in [-0.1, -0.05) is 6.07 Å². The van der Waals surface area contributed by atoms with Crippen molar-refractivity contribution in [2.45, 2.75) is 12.8 Å². The average molecular weight is 229 g/mol. The molecule has 1 aliphatic rings. The fourth-order valence-electron chi connectivity index (χ4n) is 2.25. The summed E-state index contributed by atoms with van der Waals surface area (Å²) in [5.74, 6) is 0.784. The second-order valence-electron chi connectivity index (χ2n) is 4.16. The van der Waals surface area contributed by atoms with Crippen molar-refractivity contribution < 1.29 is 4.74 Å². The van der Waals surface area contributed by atoms with Crippen molar-refractivity contribution in [3.63, 3.8) is 0 Å². The minimum Gasteiger partial charge on any atom is -0.493 e. The van der Waals surface area contributed by atoms with Crippen molar-refractivity contribution in [1.82, 2.24) is 9.78 Å². The summed E-state index contributed by atoms with van der Waals surface area (Å²) in [4.78, 5) is 0. The fourth-order valence-corrected chi connectivity index (χ4v) is 2.25. The molecule has 17 heavy (non-hydrogen) atoms. The number of nitrogens with one attached hydrogen (secondary N) is 1. The van der Waals surface area contributed by atoms with E-state index >= 15 is 0 Å². The second kappa shape index (κ2) is 4.13. The summed E-state index contributed by atoms with van der Waals surface area (Å²) in [5, 5.41) is 7.75. The molecule has 0 unspecified atom stereocenters. The molecule has 0 radical (unpaired) electrons. The van der Waals surface area contributed by atoms with Crippen molar-refractivity contribution in [3.8, 4) is 11.4 Å². The van der Waals surface area contributed by atoms with Gasteiger partial charge in [-0.05, 0) is 25.0 Å². The molecule has 1 N–H and O–H groups in total. The average Bonchev–Trinajstić information content (AvgIpc) is 2.87. The summed E-state index contributed by atoms with van der Waals surface area (Å²) in [6, 6.07) is 6.28. The maximum Gasteiger partial charge on any atom is 0.157 e. The minimum absolute atomic E-state index is 0.784. The normalized spacial score (nSPS) is 13.9. The topological polar surface area (TPSA) is 39.1 Å². The van der Waals surface area contributed by atoms with Crippen LogP contribution in [0.2, 0.25) is 0 Å². The number of fused-ring (bicyclic) bond motifs is 1. The molecule has 4 heteroatoms. The number of rotatable bonds is 2. The van der Waals surface area contributed by atoms with Crippen molar-refractivity contribution in [3.05, 3.63) is 36.2 Å². The number of benzene rings is 1. The maximum absolute atomic E-state index is 5.16. The van der Waals surface area contributed by atoms with Crippen LogP contribution >= 0.6 is 0 Å². The van der Waals surface area contributed by atoms with Crippen LogP contribution in [0.5, 0.6) is 5.75 Å². The Morgan fingerprint density at radius 1 is 1.41 bits per heavy atom. The van der Waals surface area contributed by atoms with E-state index in [0.717, 1.165) is 24.4 Å². The number of hydrogen-bond donors (Lipinski definition) is 1. The van der Waals surface area contributed by atoms with E-state index in [9.17, 15) is 0 Å². The number of aromatic nitrogens is 2. The number of anilines is 1. The molecule has 2 heterocycles. The zero-order chi connectivity index (χ0) is 11.7. The van der Waals surface area contributed by atoms with Gasteiger partial charge in [-0.2, -0.15) is 5.10 Å². The Morgan fingerprint density at radius 3 is 3.18 bits per heavy atom. The standard InChI is InChI=1S/C13H15N3O/c1-17-10-8-15-16(9-10)13-6-2-5-12-11(13)4-3-7-14-12/h2,5-6,8-9,14H,3-4,7H2,1H3. The van der Waals surface area contributed by atoms with Gasteiger partial charge in [0.2, 0.25) is 0 Å². The fraction of sp³-hybridized carbons (Fsp3) is 0.308. The molecule has 0 fully saturated rings. The number of hydrogen-bond acceptors (Lipinski definition) is 3. The van der Waals surface area contributed by atoms with E-state index in [1.54, 1.807) is 13.3 Å². The van der Waals surface area contributed by atoms with Crippen LogP contribution in [0.1, 0.15) is 12.0 Å². The number of nitrogens with zero attached hydrogens (tertiary/aromatic N) is 2. The van der Waals surface area contributed by atoms with Crippen LogP contribution in [0.15, 0.2) is 30.6 Å². The third-order valence-corrected chi connectivity index (χ3v) is 3.11. The molecule has 0 amide bonds. The third-order valence-electron chi connectivity index (χ3n) is 3.11. The minimum atomic E-state index is 0.784. The van der Waals surface area contributed by atoms with E-state index in [2.05, 4.69) is 28.6 Å². The van der Waals surface area contributed by atoms with Gasteiger partial charge in [0.05, 0.1) is 25.2 Å². The van der Waals surface area contributed by atoms with Crippen LogP contribution < -0.4 is 10.1 Å². The molecule has 2 aromatic rings. The Kier molecular flexibility index (Phi) is 2.48. The Labute approximate surface area is 100 Å². The molecule has 0 spiro atoms. The van der Waals surface area contributed by atoms with Crippen molar-refractivity contribution in [1.29, 1.82) is 0 Å². The lowest BCUT2D eigenvalue weighted by Gasteiger charge is -2.20. The van der Waals surface area contributed by atoms with Gasteiger partial charge in [0, 0.05) is 17.8 Å². The Morgan fingerprint density at radius 2 is 2.35 bits per heavy atom. The third kappa shape index (κ3) is 1.75. The molecule has 0 aliphatic carbocycles. The Hall–Kier alpha value is -1.97. The van der Waals surface area contributed by atoms with E-state index in [1.807, 2.05) is 10.9 Å². The van der Waals surface area contributed by atoms with Gasteiger partial charge in [-0.3, -0.25) is 0 Å². The predicted molar refractivity (Wildman–Crippen MR) is 66.9 cm³/mol. The molecule has 0 saturated heterocycles. The molecular weight excluding hydrogens is 214 g/mol. The van der Waals surface area contributed by atoms with E-state index in [0.29, 0.717) is 0 Å². The highest BCUT2D eigenvalue weighted by Crippen LogP contribution is 2.28. The largest absolute Gasteiger partial charge is 0.493 e. The highest BCUT2D eigenvalue weighted by Gasteiger charge is 2.14. The lowest BCUT2D eigenvalue weighted by molar-refractivity contribution is 0.414. The van der Waals surface area contributed by atoms with Crippen molar-refractivity contribution >= 4 is 5.69 Å².